The van der Waals surface area contributed by atoms with E-state index in [-0.39, 0.29) is 30.7 Å². The number of carbonyl (C=O) groups is 3. The summed E-state index contributed by atoms with van der Waals surface area (Å²) in [5, 5.41) is 5.83. The van der Waals surface area contributed by atoms with Crippen molar-refractivity contribution in [2.24, 2.45) is 0 Å². The molecule has 1 fully saturated rings. The van der Waals surface area contributed by atoms with Crippen LogP contribution in [0, 0.1) is 0 Å². The van der Waals surface area contributed by atoms with Gasteiger partial charge in [-0.15, -0.1) is 0 Å². The summed E-state index contributed by atoms with van der Waals surface area (Å²) in [6, 6.07) is 13.9. The maximum absolute atomic E-state index is 12.0. The van der Waals surface area contributed by atoms with E-state index < -0.39 is 0 Å². The fourth-order valence-corrected chi connectivity index (χ4v) is 3.12. The van der Waals surface area contributed by atoms with Gasteiger partial charge in [-0.05, 0) is 42.8 Å². The van der Waals surface area contributed by atoms with E-state index >= 15 is 0 Å². The Hall–Kier alpha value is -2.86. The van der Waals surface area contributed by atoms with E-state index in [1.165, 1.54) is 0 Å². The van der Waals surface area contributed by atoms with Crippen LogP contribution in [0.3, 0.4) is 0 Å². The third kappa shape index (κ3) is 4.86. The van der Waals surface area contributed by atoms with E-state index in [9.17, 15) is 14.4 Å². The van der Waals surface area contributed by atoms with Crippen LogP contribution in [-0.2, 0) is 9.59 Å². The number of rotatable bonds is 6. The number of carbonyl (C=O) groups excluding carboxylic acids is 3. The van der Waals surface area contributed by atoms with E-state index in [1.54, 1.807) is 41.3 Å². The SMILES string of the molecule is O=C(CCNC(=O)c1ccccc1Cl)Nc1ccc(N2CCCC2=O)cc1. The molecule has 0 radical (unpaired) electrons. The second-order valence-corrected chi connectivity index (χ2v) is 6.64. The van der Waals surface area contributed by atoms with Crippen LogP contribution in [0.15, 0.2) is 48.5 Å². The minimum Gasteiger partial charge on any atom is -0.351 e. The molecular weight excluding hydrogens is 366 g/mol. The normalized spacial score (nSPS) is 13.5. The molecule has 3 amide bonds. The number of halogens is 1. The molecule has 1 aliphatic rings. The number of anilines is 2. The highest BCUT2D eigenvalue weighted by Crippen LogP contribution is 2.23. The van der Waals surface area contributed by atoms with Crippen molar-refractivity contribution in [3.63, 3.8) is 0 Å². The predicted octanol–water partition coefficient (Wildman–Crippen LogP) is 3.23. The van der Waals surface area contributed by atoms with Crippen LogP contribution < -0.4 is 15.5 Å². The Kier molecular flexibility index (Phi) is 6.08. The molecular formula is C20H20ClN3O3. The van der Waals surface area contributed by atoms with E-state index in [0.29, 0.717) is 22.7 Å². The summed E-state index contributed by atoms with van der Waals surface area (Å²) in [5.74, 6) is -0.395. The zero-order valence-corrected chi connectivity index (χ0v) is 15.5. The van der Waals surface area contributed by atoms with Gasteiger partial charge in [0, 0.05) is 37.3 Å². The summed E-state index contributed by atoms with van der Waals surface area (Å²) in [5.41, 5.74) is 1.86. The lowest BCUT2D eigenvalue weighted by atomic mass is 10.2. The van der Waals surface area contributed by atoms with Crippen LogP contribution in [0.4, 0.5) is 11.4 Å². The van der Waals surface area contributed by atoms with Crippen LogP contribution in [-0.4, -0.2) is 30.8 Å². The van der Waals surface area contributed by atoms with Gasteiger partial charge in [0.05, 0.1) is 10.6 Å². The van der Waals surface area contributed by atoms with Gasteiger partial charge in [-0.3, -0.25) is 14.4 Å². The first-order valence-electron chi connectivity index (χ1n) is 8.77. The highest BCUT2D eigenvalue weighted by molar-refractivity contribution is 6.33. The summed E-state index contributed by atoms with van der Waals surface area (Å²) >= 11 is 5.97. The van der Waals surface area contributed by atoms with Crippen molar-refractivity contribution in [1.82, 2.24) is 5.32 Å². The number of hydrogen-bond donors (Lipinski definition) is 2. The van der Waals surface area contributed by atoms with Gasteiger partial charge in [0.2, 0.25) is 11.8 Å². The number of nitrogens with one attached hydrogen (secondary N) is 2. The predicted molar refractivity (Wildman–Crippen MR) is 105 cm³/mol. The van der Waals surface area contributed by atoms with Gasteiger partial charge in [0.15, 0.2) is 0 Å². The average molecular weight is 386 g/mol. The Labute approximate surface area is 162 Å². The molecule has 1 heterocycles. The monoisotopic (exact) mass is 385 g/mol. The van der Waals surface area contributed by atoms with Gasteiger partial charge < -0.3 is 15.5 Å². The standard InChI is InChI=1S/C20H20ClN3O3/c21-17-5-2-1-4-16(17)20(27)22-12-11-18(25)23-14-7-9-15(10-8-14)24-13-3-6-19(24)26/h1-2,4-5,7-10H,3,6,11-13H2,(H,22,27)(H,23,25). The summed E-state index contributed by atoms with van der Waals surface area (Å²) < 4.78 is 0. The first-order valence-corrected chi connectivity index (χ1v) is 9.15. The van der Waals surface area contributed by atoms with Crippen molar-refractivity contribution in [1.29, 1.82) is 0 Å². The average Bonchev–Trinajstić information content (AvgIpc) is 3.08. The molecule has 6 nitrogen and oxygen atoms in total. The molecule has 3 rings (SSSR count). The summed E-state index contributed by atoms with van der Waals surface area (Å²) in [6.45, 7) is 0.936. The second kappa shape index (κ2) is 8.68. The molecule has 7 heteroatoms. The lowest BCUT2D eigenvalue weighted by molar-refractivity contribution is -0.117. The molecule has 0 aliphatic carbocycles. The van der Waals surface area contributed by atoms with Crippen molar-refractivity contribution in [3.05, 3.63) is 59.1 Å². The topological polar surface area (TPSA) is 78.5 Å². The Morgan fingerprint density at radius 1 is 1.07 bits per heavy atom. The third-order valence-electron chi connectivity index (χ3n) is 4.29. The van der Waals surface area contributed by atoms with E-state index in [4.69, 9.17) is 11.6 Å². The van der Waals surface area contributed by atoms with Crippen LogP contribution >= 0.6 is 11.6 Å². The number of nitrogens with zero attached hydrogens (tertiary/aromatic N) is 1. The molecule has 0 unspecified atom stereocenters. The Morgan fingerprint density at radius 3 is 2.48 bits per heavy atom. The number of benzene rings is 2. The summed E-state index contributed by atoms with van der Waals surface area (Å²) in [4.78, 5) is 37.6. The highest BCUT2D eigenvalue weighted by atomic mass is 35.5. The van der Waals surface area contributed by atoms with Crippen LogP contribution in [0.5, 0.6) is 0 Å². The van der Waals surface area contributed by atoms with Gasteiger partial charge in [-0.2, -0.15) is 0 Å². The van der Waals surface area contributed by atoms with E-state index in [2.05, 4.69) is 10.6 Å². The minimum atomic E-state index is -0.312. The molecule has 1 saturated heterocycles. The first-order chi connectivity index (χ1) is 13.0. The maximum atomic E-state index is 12.0. The van der Waals surface area contributed by atoms with Gasteiger partial charge in [0.1, 0.15) is 0 Å². The molecule has 0 bridgehead atoms. The largest absolute Gasteiger partial charge is 0.351 e. The number of hydrogen-bond acceptors (Lipinski definition) is 3. The molecule has 2 N–H and O–H groups in total. The third-order valence-corrected chi connectivity index (χ3v) is 4.62. The van der Waals surface area contributed by atoms with Crippen LogP contribution in [0.25, 0.3) is 0 Å². The van der Waals surface area contributed by atoms with E-state index in [0.717, 1.165) is 18.7 Å². The Balaban J connectivity index is 1.46. The molecule has 0 atom stereocenters. The lowest BCUT2D eigenvalue weighted by Gasteiger charge is -2.16. The molecule has 0 saturated carbocycles. The summed E-state index contributed by atoms with van der Waals surface area (Å²) in [7, 11) is 0. The summed E-state index contributed by atoms with van der Waals surface area (Å²) in [6.07, 6.45) is 1.60. The Bertz CT molecular complexity index is 852. The molecule has 0 aromatic heterocycles. The van der Waals surface area contributed by atoms with Crippen molar-refractivity contribution < 1.29 is 14.4 Å². The van der Waals surface area contributed by atoms with Gasteiger partial charge >= 0.3 is 0 Å². The van der Waals surface area contributed by atoms with Crippen molar-refractivity contribution >= 4 is 40.7 Å². The zero-order valence-electron chi connectivity index (χ0n) is 14.7. The lowest BCUT2D eigenvalue weighted by Crippen LogP contribution is -2.27. The van der Waals surface area contributed by atoms with Crippen LogP contribution in [0.2, 0.25) is 5.02 Å². The van der Waals surface area contributed by atoms with Crippen LogP contribution in [0.1, 0.15) is 29.6 Å². The number of amides is 3. The first kappa shape index (κ1) is 18.9. The highest BCUT2D eigenvalue weighted by Gasteiger charge is 2.21. The minimum absolute atomic E-state index is 0.126. The fourth-order valence-electron chi connectivity index (χ4n) is 2.90. The molecule has 140 valence electrons. The van der Waals surface area contributed by atoms with Crippen molar-refractivity contribution in [2.75, 3.05) is 23.3 Å². The Morgan fingerprint density at radius 2 is 1.81 bits per heavy atom. The quantitative estimate of drug-likeness (QED) is 0.801. The maximum Gasteiger partial charge on any atom is 0.252 e. The van der Waals surface area contributed by atoms with Crippen molar-refractivity contribution in [3.8, 4) is 0 Å². The van der Waals surface area contributed by atoms with Gasteiger partial charge in [0.25, 0.3) is 5.91 Å². The molecule has 2 aromatic rings. The van der Waals surface area contributed by atoms with Crippen molar-refractivity contribution in [2.45, 2.75) is 19.3 Å². The zero-order chi connectivity index (χ0) is 19.2. The smallest absolute Gasteiger partial charge is 0.252 e. The van der Waals surface area contributed by atoms with Gasteiger partial charge in [-0.25, -0.2) is 0 Å². The second-order valence-electron chi connectivity index (χ2n) is 6.23. The molecule has 1 aliphatic heterocycles. The van der Waals surface area contributed by atoms with E-state index in [1.807, 2.05) is 12.1 Å². The molecule has 2 aromatic carbocycles. The van der Waals surface area contributed by atoms with Gasteiger partial charge in [-0.1, -0.05) is 23.7 Å². The molecule has 27 heavy (non-hydrogen) atoms. The molecule has 0 spiro atoms. The fraction of sp³-hybridized carbons (Fsp3) is 0.250.